The first kappa shape index (κ1) is 33.5. The molecule has 5 aliphatic rings. The van der Waals surface area contributed by atoms with Gasteiger partial charge in [-0.25, -0.2) is 0 Å². The number of halogens is 2. The van der Waals surface area contributed by atoms with Crippen molar-refractivity contribution in [2.24, 2.45) is 10.8 Å². The molecular formula is C39H35Cl2N3O7. The Morgan fingerprint density at radius 3 is 1.63 bits per heavy atom. The molecule has 2 heterocycles. The number of benzene rings is 4. The Morgan fingerprint density at radius 2 is 1.16 bits per heavy atom. The molecule has 4 aromatic carbocycles. The Hall–Kier alpha value is -4.67. The van der Waals surface area contributed by atoms with E-state index in [9.17, 15) is 24.0 Å². The fourth-order valence-electron chi connectivity index (χ4n) is 9.09. The summed E-state index contributed by atoms with van der Waals surface area (Å²) in [6.45, 7) is 4.83. The van der Waals surface area contributed by atoms with Gasteiger partial charge in [0, 0.05) is 86.0 Å². The second-order valence-electron chi connectivity index (χ2n) is 14.4. The number of hydrogen-bond donors (Lipinski definition) is 1. The summed E-state index contributed by atoms with van der Waals surface area (Å²) in [5.41, 5.74) is 2.29. The molecule has 9 rings (SSSR count). The average Bonchev–Trinajstić information content (AvgIpc) is 3.61. The molecule has 2 atom stereocenters. The van der Waals surface area contributed by atoms with Gasteiger partial charge in [0.2, 0.25) is 17.7 Å². The molecule has 0 aromatic heterocycles. The van der Waals surface area contributed by atoms with Crippen molar-refractivity contribution in [1.29, 1.82) is 0 Å². The van der Waals surface area contributed by atoms with Crippen LogP contribution in [0.15, 0.2) is 54.6 Å². The molecule has 10 nitrogen and oxygen atoms in total. The number of nitrogens with one attached hydrogen (secondary N) is 1. The lowest BCUT2D eigenvalue weighted by atomic mass is 9.34. The van der Waals surface area contributed by atoms with E-state index in [0.717, 1.165) is 27.3 Å². The van der Waals surface area contributed by atoms with Gasteiger partial charge < -0.3 is 24.6 Å². The molecule has 12 heteroatoms. The van der Waals surface area contributed by atoms with E-state index in [1.165, 1.54) is 20.8 Å². The van der Waals surface area contributed by atoms with Crippen molar-refractivity contribution in [3.63, 3.8) is 0 Å². The van der Waals surface area contributed by atoms with E-state index >= 15 is 0 Å². The summed E-state index contributed by atoms with van der Waals surface area (Å²) >= 11 is 13.0. The Morgan fingerprint density at radius 1 is 0.686 bits per heavy atom. The molecule has 3 amide bonds. The van der Waals surface area contributed by atoms with E-state index in [0.29, 0.717) is 72.2 Å². The zero-order chi connectivity index (χ0) is 36.0. The molecule has 2 bridgehead atoms. The minimum atomic E-state index is -0.705. The lowest BCUT2D eigenvalue weighted by Gasteiger charge is -2.69. The molecule has 0 unspecified atom stereocenters. The monoisotopic (exact) mass is 727 g/mol. The third-order valence-corrected chi connectivity index (χ3v) is 11.7. The van der Waals surface area contributed by atoms with Crippen molar-refractivity contribution in [2.45, 2.75) is 51.9 Å². The quantitative estimate of drug-likeness (QED) is 0.123. The summed E-state index contributed by atoms with van der Waals surface area (Å²) in [7, 11) is 0. The lowest BCUT2D eigenvalue weighted by Crippen LogP contribution is -2.73. The molecule has 3 saturated carbocycles. The number of rotatable bonds is 7. The molecular weight excluding hydrogens is 693 g/mol. The number of nitrogens with zero attached hydrogens (tertiary/aromatic N) is 2. The number of anilines is 3. The molecule has 1 N–H and O–H groups in total. The number of alkyl halides is 2. The van der Waals surface area contributed by atoms with Crippen LogP contribution in [0.5, 0.6) is 11.5 Å². The summed E-state index contributed by atoms with van der Waals surface area (Å²) < 4.78 is 11.2. The topological polar surface area (TPSA) is 122 Å². The van der Waals surface area contributed by atoms with E-state index in [2.05, 4.69) is 5.32 Å². The predicted octanol–water partition coefficient (Wildman–Crippen LogP) is 7.01. The van der Waals surface area contributed by atoms with E-state index in [1.54, 1.807) is 34.1 Å². The van der Waals surface area contributed by atoms with Crippen LogP contribution in [0.1, 0.15) is 63.0 Å². The van der Waals surface area contributed by atoms with Crippen molar-refractivity contribution >= 4 is 91.5 Å². The molecule has 0 radical (unpaired) electrons. The second-order valence-corrected chi connectivity index (χ2v) is 15.0. The summed E-state index contributed by atoms with van der Waals surface area (Å²) in [6, 6.07) is 16.5. The number of ether oxygens (including phenoxy) is 2. The van der Waals surface area contributed by atoms with Gasteiger partial charge in [0.15, 0.2) is 0 Å². The summed E-state index contributed by atoms with van der Waals surface area (Å²) in [5.74, 6) is -0.362. The van der Waals surface area contributed by atoms with E-state index in [4.69, 9.17) is 32.7 Å². The fourth-order valence-corrected chi connectivity index (χ4v) is 9.59. The highest BCUT2D eigenvalue weighted by Crippen LogP contribution is 2.75. The largest absolute Gasteiger partial charge is 0.426 e. The first-order valence-electron chi connectivity index (χ1n) is 17.0. The summed E-state index contributed by atoms with van der Waals surface area (Å²) in [4.78, 5) is 68.4. The Labute approximate surface area is 303 Å². The van der Waals surface area contributed by atoms with E-state index < -0.39 is 22.8 Å². The molecule has 4 aromatic rings. The van der Waals surface area contributed by atoms with Gasteiger partial charge in [-0.15, -0.1) is 23.2 Å². The molecule has 51 heavy (non-hydrogen) atoms. The zero-order valence-electron chi connectivity index (χ0n) is 28.3. The van der Waals surface area contributed by atoms with Crippen LogP contribution in [0.25, 0.3) is 21.5 Å². The third-order valence-electron chi connectivity index (χ3n) is 11.0. The second kappa shape index (κ2) is 12.0. The maximum atomic E-state index is 14.5. The van der Waals surface area contributed by atoms with Crippen LogP contribution in [0.3, 0.4) is 0 Å². The highest BCUT2D eigenvalue weighted by Gasteiger charge is 2.76. The van der Waals surface area contributed by atoms with Crippen molar-refractivity contribution < 1.29 is 33.4 Å². The van der Waals surface area contributed by atoms with Crippen molar-refractivity contribution in [2.75, 3.05) is 40.0 Å². The molecule has 262 valence electrons. The Balaban J connectivity index is 1.10. The van der Waals surface area contributed by atoms with Gasteiger partial charge in [0.25, 0.3) is 0 Å². The number of fused-ring (bicyclic) bond motifs is 6. The molecule has 0 saturated heterocycles. The molecule has 3 fully saturated rings. The van der Waals surface area contributed by atoms with Crippen LogP contribution >= 0.6 is 23.2 Å². The number of carbonyl (C=O) groups excluding carboxylic acids is 5. The van der Waals surface area contributed by atoms with Gasteiger partial charge in [0.05, 0.1) is 22.2 Å². The van der Waals surface area contributed by atoms with Gasteiger partial charge in [-0.1, -0.05) is 24.3 Å². The Kier molecular flexibility index (Phi) is 7.84. The minimum absolute atomic E-state index is 0.0517. The number of hydrogen-bond acceptors (Lipinski definition) is 7. The SMILES string of the molecule is CC(=O)Nc1ccc2c(OC(C)=O)cc3c(c2c1)[C@@H](CCl)CN3C(=O)C12CC(C(=O)N3C[C@@H](CCl)c4c3cc(OC(C)=O)c3ccccc43)(C1)C2. The van der Waals surface area contributed by atoms with Crippen LogP contribution in [-0.4, -0.2) is 54.5 Å². The normalized spacial score (nSPS) is 24.0. The molecule has 2 aliphatic heterocycles. The summed E-state index contributed by atoms with van der Waals surface area (Å²) in [5, 5.41) is 5.89. The number of carbonyl (C=O) groups is 5. The zero-order valence-corrected chi connectivity index (χ0v) is 29.8. The van der Waals surface area contributed by atoms with Gasteiger partial charge in [-0.2, -0.15) is 0 Å². The molecule has 0 spiro atoms. The third kappa shape index (κ3) is 5.09. The lowest BCUT2D eigenvalue weighted by molar-refractivity contribution is -0.205. The van der Waals surface area contributed by atoms with Crippen LogP contribution in [0, 0.1) is 10.8 Å². The van der Waals surface area contributed by atoms with Gasteiger partial charge >= 0.3 is 11.9 Å². The van der Waals surface area contributed by atoms with Crippen LogP contribution in [0.4, 0.5) is 17.1 Å². The maximum Gasteiger partial charge on any atom is 0.308 e. The predicted molar refractivity (Wildman–Crippen MR) is 195 cm³/mol. The standard InChI is InChI=1S/C39H35Cl2N3O7/c1-20(45)42-25-8-9-27-29(10-25)35-24(14-41)16-44(31(35)12-33(27)51-22(3)47)37(49)39-17-38(18-39,19-39)36(48)43-15-23(13-40)34-28-7-5-4-6-26(28)32(11-30(34)43)50-21(2)46/h4-12,23-24H,13-19H2,1-3H3,(H,42,45)/t23-,24+,38?,39?/m1/s1. The Bertz CT molecular complexity index is 2220. The van der Waals surface area contributed by atoms with E-state index in [-0.39, 0.29) is 35.4 Å². The summed E-state index contributed by atoms with van der Waals surface area (Å²) in [6.07, 6.45) is 1.23. The highest BCUT2D eigenvalue weighted by molar-refractivity contribution is 6.20. The maximum absolute atomic E-state index is 14.5. The van der Waals surface area contributed by atoms with E-state index in [1.807, 2.05) is 30.3 Å². The van der Waals surface area contributed by atoms with Crippen LogP contribution in [-0.2, 0) is 24.0 Å². The number of esters is 2. The van der Waals surface area contributed by atoms with Gasteiger partial charge in [-0.05, 0) is 59.4 Å². The molecule has 3 aliphatic carbocycles. The smallest absolute Gasteiger partial charge is 0.308 e. The number of amides is 3. The van der Waals surface area contributed by atoms with Crippen molar-refractivity contribution in [1.82, 2.24) is 0 Å². The fraction of sp³-hybridized carbons (Fsp3) is 0.359. The van der Waals surface area contributed by atoms with Crippen molar-refractivity contribution in [3.8, 4) is 11.5 Å². The average molecular weight is 729 g/mol. The van der Waals surface area contributed by atoms with Gasteiger partial charge in [-0.3, -0.25) is 24.0 Å². The van der Waals surface area contributed by atoms with Crippen LogP contribution in [0.2, 0.25) is 0 Å². The first-order valence-corrected chi connectivity index (χ1v) is 18.0. The minimum Gasteiger partial charge on any atom is -0.426 e. The van der Waals surface area contributed by atoms with Crippen LogP contribution < -0.4 is 24.6 Å². The van der Waals surface area contributed by atoms with Gasteiger partial charge in [0.1, 0.15) is 11.5 Å². The van der Waals surface area contributed by atoms with Crippen molar-refractivity contribution in [3.05, 3.63) is 65.7 Å². The highest BCUT2D eigenvalue weighted by atomic mass is 35.5. The first-order chi connectivity index (χ1) is 24.4.